The lowest BCUT2D eigenvalue weighted by Crippen LogP contribution is -2.44. The number of hydrogen-bond donors (Lipinski definition) is 3. The van der Waals surface area contributed by atoms with Crippen LogP contribution in [0.15, 0.2) is 72.9 Å². The summed E-state index contributed by atoms with van der Waals surface area (Å²) in [4.78, 5) is 17.4. The molecule has 2 heterocycles. The van der Waals surface area contributed by atoms with Crippen molar-refractivity contribution >= 4 is 5.91 Å². The first kappa shape index (κ1) is 22.3. The molecule has 33 heavy (non-hydrogen) atoms. The highest BCUT2D eigenvalue weighted by atomic mass is 19.1. The third-order valence-electron chi connectivity index (χ3n) is 5.30. The molecule has 0 bridgehead atoms. The van der Waals surface area contributed by atoms with Crippen molar-refractivity contribution in [2.75, 3.05) is 0 Å². The van der Waals surface area contributed by atoms with E-state index in [1.165, 1.54) is 30.3 Å². The third-order valence-corrected chi connectivity index (χ3v) is 5.30. The van der Waals surface area contributed by atoms with Crippen molar-refractivity contribution < 1.29 is 18.7 Å². The predicted molar refractivity (Wildman–Crippen MR) is 120 cm³/mol. The van der Waals surface area contributed by atoms with Gasteiger partial charge in [0.05, 0.1) is 29.1 Å². The fraction of sp³-hybridized carbons (Fsp3) is 0.160. The van der Waals surface area contributed by atoms with E-state index in [1.807, 2.05) is 6.07 Å². The van der Waals surface area contributed by atoms with Crippen LogP contribution in [0.1, 0.15) is 23.0 Å². The lowest BCUT2D eigenvalue weighted by atomic mass is 10.0. The molecule has 4 rings (SSSR count). The molecular weight excluding hydrogens is 426 g/mol. The second-order valence-corrected chi connectivity index (χ2v) is 7.68. The molecule has 8 heteroatoms. The first-order chi connectivity index (χ1) is 15.9. The van der Waals surface area contributed by atoms with Gasteiger partial charge in [-0.15, -0.1) is 0 Å². The monoisotopic (exact) mass is 448 g/mol. The Balaban J connectivity index is 1.62. The van der Waals surface area contributed by atoms with Crippen LogP contribution in [0.2, 0.25) is 0 Å². The number of hydrogen-bond acceptors (Lipinski definition) is 4. The van der Waals surface area contributed by atoms with Gasteiger partial charge in [-0.3, -0.25) is 14.9 Å². The fourth-order valence-electron chi connectivity index (χ4n) is 3.54. The standard InChI is InChI=1S/C25H22F2N4O2/c1-15(32)21(13-18-5-2-3-12-28-18)29-25(33)19-6-4-7-20(27)24(19)23-14-22(30-31-23)16-8-10-17(26)11-9-16/h2-12,14-15,21,32H,13H2,1H3,(H,29,33)(H,30,31)/t15?,21-/m1/s1. The van der Waals surface area contributed by atoms with Crippen molar-refractivity contribution in [1.82, 2.24) is 20.5 Å². The number of aromatic amines is 1. The zero-order valence-electron chi connectivity index (χ0n) is 17.8. The predicted octanol–water partition coefficient (Wildman–Crippen LogP) is 4.14. The van der Waals surface area contributed by atoms with Crippen LogP contribution in [0.5, 0.6) is 0 Å². The van der Waals surface area contributed by atoms with Crippen LogP contribution in [0.3, 0.4) is 0 Å². The average Bonchev–Trinajstić information content (AvgIpc) is 3.29. The molecule has 1 unspecified atom stereocenters. The number of pyridine rings is 1. The summed E-state index contributed by atoms with van der Waals surface area (Å²) in [5, 5.41) is 19.9. The topological polar surface area (TPSA) is 90.9 Å². The number of aliphatic hydroxyl groups is 1. The van der Waals surface area contributed by atoms with Crippen LogP contribution in [-0.4, -0.2) is 38.3 Å². The van der Waals surface area contributed by atoms with Crippen molar-refractivity contribution in [3.63, 3.8) is 0 Å². The Kier molecular flexibility index (Phi) is 6.55. The van der Waals surface area contributed by atoms with E-state index in [4.69, 9.17) is 0 Å². The average molecular weight is 448 g/mol. The van der Waals surface area contributed by atoms with Crippen LogP contribution in [-0.2, 0) is 6.42 Å². The zero-order valence-corrected chi connectivity index (χ0v) is 17.8. The molecule has 0 saturated heterocycles. The van der Waals surface area contributed by atoms with Crippen LogP contribution in [0, 0.1) is 11.6 Å². The van der Waals surface area contributed by atoms with Gasteiger partial charge in [0.25, 0.3) is 5.91 Å². The number of aliphatic hydroxyl groups excluding tert-OH is 1. The maximum atomic E-state index is 14.9. The van der Waals surface area contributed by atoms with E-state index in [0.717, 1.165) is 0 Å². The Morgan fingerprint density at radius 3 is 2.58 bits per heavy atom. The second kappa shape index (κ2) is 9.70. The summed E-state index contributed by atoms with van der Waals surface area (Å²) in [5.41, 5.74) is 2.29. The van der Waals surface area contributed by atoms with Gasteiger partial charge in [-0.2, -0.15) is 5.10 Å². The number of benzene rings is 2. The van der Waals surface area contributed by atoms with E-state index >= 15 is 0 Å². The van der Waals surface area contributed by atoms with E-state index in [1.54, 1.807) is 43.5 Å². The van der Waals surface area contributed by atoms with E-state index in [-0.39, 0.29) is 16.9 Å². The Morgan fingerprint density at radius 2 is 1.88 bits per heavy atom. The molecule has 6 nitrogen and oxygen atoms in total. The minimum Gasteiger partial charge on any atom is -0.391 e. The van der Waals surface area contributed by atoms with E-state index in [9.17, 15) is 18.7 Å². The molecule has 168 valence electrons. The summed E-state index contributed by atoms with van der Waals surface area (Å²) in [6.07, 6.45) is 1.09. The van der Waals surface area contributed by atoms with Gasteiger partial charge in [-0.25, -0.2) is 8.78 Å². The van der Waals surface area contributed by atoms with Crippen molar-refractivity contribution in [2.24, 2.45) is 0 Å². The van der Waals surface area contributed by atoms with Crippen molar-refractivity contribution in [3.05, 3.63) is 95.8 Å². The maximum Gasteiger partial charge on any atom is 0.252 e. The number of amides is 1. The van der Waals surface area contributed by atoms with Gasteiger partial charge in [0.2, 0.25) is 0 Å². The van der Waals surface area contributed by atoms with E-state index in [2.05, 4.69) is 20.5 Å². The number of aromatic nitrogens is 3. The molecule has 0 aliphatic carbocycles. The Labute approximate surface area is 189 Å². The van der Waals surface area contributed by atoms with Gasteiger partial charge in [0.1, 0.15) is 11.6 Å². The minimum atomic E-state index is -0.856. The van der Waals surface area contributed by atoms with Gasteiger partial charge in [0.15, 0.2) is 0 Å². The number of nitrogens with one attached hydrogen (secondary N) is 2. The molecule has 2 aromatic heterocycles. The number of rotatable bonds is 7. The van der Waals surface area contributed by atoms with Gasteiger partial charge in [-0.1, -0.05) is 12.1 Å². The normalized spacial score (nSPS) is 12.8. The summed E-state index contributed by atoms with van der Waals surface area (Å²) in [6.45, 7) is 1.57. The summed E-state index contributed by atoms with van der Waals surface area (Å²) < 4.78 is 28.1. The van der Waals surface area contributed by atoms with Crippen LogP contribution < -0.4 is 5.32 Å². The van der Waals surface area contributed by atoms with Crippen molar-refractivity contribution in [1.29, 1.82) is 0 Å². The molecule has 0 fully saturated rings. The lowest BCUT2D eigenvalue weighted by Gasteiger charge is -2.22. The SMILES string of the molecule is CC(O)[C@@H](Cc1ccccn1)NC(=O)c1cccc(F)c1-c1cc(-c2ccc(F)cc2)n[nH]1. The highest BCUT2D eigenvalue weighted by molar-refractivity contribution is 6.01. The molecule has 1 amide bonds. The van der Waals surface area contributed by atoms with Crippen LogP contribution in [0.4, 0.5) is 8.78 Å². The van der Waals surface area contributed by atoms with E-state index < -0.39 is 23.9 Å². The largest absolute Gasteiger partial charge is 0.391 e. The fourth-order valence-corrected chi connectivity index (χ4v) is 3.54. The molecule has 0 radical (unpaired) electrons. The summed E-state index contributed by atoms with van der Waals surface area (Å²) in [5.74, 6) is -1.51. The second-order valence-electron chi connectivity index (χ2n) is 7.68. The molecule has 2 aromatic carbocycles. The molecule has 0 aliphatic rings. The molecule has 0 aliphatic heterocycles. The van der Waals surface area contributed by atoms with Gasteiger partial charge >= 0.3 is 0 Å². The summed E-state index contributed by atoms with van der Waals surface area (Å²) >= 11 is 0. The van der Waals surface area contributed by atoms with Gasteiger partial charge in [0, 0.05) is 29.4 Å². The molecule has 0 saturated carbocycles. The van der Waals surface area contributed by atoms with Gasteiger partial charge in [-0.05, 0) is 61.5 Å². The smallest absolute Gasteiger partial charge is 0.252 e. The van der Waals surface area contributed by atoms with Crippen LogP contribution >= 0.6 is 0 Å². The van der Waals surface area contributed by atoms with Crippen LogP contribution in [0.25, 0.3) is 22.5 Å². The summed E-state index contributed by atoms with van der Waals surface area (Å²) in [7, 11) is 0. The Bertz CT molecular complexity index is 1240. The molecule has 3 N–H and O–H groups in total. The van der Waals surface area contributed by atoms with Crippen molar-refractivity contribution in [2.45, 2.75) is 25.5 Å². The molecule has 0 spiro atoms. The van der Waals surface area contributed by atoms with E-state index in [0.29, 0.717) is 29.1 Å². The highest BCUT2D eigenvalue weighted by Gasteiger charge is 2.24. The number of H-pyrrole nitrogens is 1. The Hall–Kier alpha value is -3.91. The molecule has 4 aromatic rings. The highest BCUT2D eigenvalue weighted by Crippen LogP contribution is 2.29. The first-order valence-corrected chi connectivity index (χ1v) is 10.4. The quantitative estimate of drug-likeness (QED) is 0.396. The Morgan fingerprint density at radius 1 is 1.09 bits per heavy atom. The first-order valence-electron chi connectivity index (χ1n) is 10.4. The van der Waals surface area contributed by atoms with Crippen molar-refractivity contribution in [3.8, 4) is 22.5 Å². The number of nitrogens with zero attached hydrogens (tertiary/aromatic N) is 2. The van der Waals surface area contributed by atoms with Gasteiger partial charge < -0.3 is 10.4 Å². The molecule has 2 atom stereocenters. The third kappa shape index (κ3) is 5.12. The number of carbonyl (C=O) groups excluding carboxylic acids is 1. The minimum absolute atomic E-state index is 0.0537. The number of halogens is 2. The lowest BCUT2D eigenvalue weighted by molar-refractivity contribution is 0.0858. The zero-order chi connectivity index (χ0) is 23.4. The summed E-state index contributed by atoms with van der Waals surface area (Å²) in [6, 6.07) is 16.3. The maximum absolute atomic E-state index is 14.9. The number of carbonyl (C=O) groups is 1. The molecular formula is C25H22F2N4O2.